The summed E-state index contributed by atoms with van der Waals surface area (Å²) in [6.45, 7) is 20.8. The van der Waals surface area contributed by atoms with Crippen molar-refractivity contribution in [2.75, 3.05) is 117 Å². The summed E-state index contributed by atoms with van der Waals surface area (Å²) in [5.74, 6) is -4.22. The van der Waals surface area contributed by atoms with E-state index in [0.717, 1.165) is 61.9 Å². The number of rotatable bonds is 40. The van der Waals surface area contributed by atoms with E-state index in [9.17, 15) is 55.7 Å². The number of anilines is 20. The molecule has 1 aliphatic rings. The fraction of sp³-hybridized carbons (Fsp3) is 0.183. The number of aliphatic hydroxyl groups is 2. The zero-order valence-corrected chi connectivity index (χ0v) is 73.9. The molecule has 41 heteroatoms. The summed E-state index contributed by atoms with van der Waals surface area (Å²) in [5.41, 5.74) is 5.86. The zero-order valence-electron chi connectivity index (χ0n) is 72.4. The van der Waals surface area contributed by atoms with E-state index in [4.69, 9.17) is 51.6 Å². The SMILES string of the molecule is C=CC(=O)Nc1cccc(Nc2nc(Nc3ccc(Cl)c(O[C@@H](C)CO)c3)ncc2F)c1.C=CC(=O)Nc1cccc(Nc2nc(Nc3ccc(Cl)c(O[C@H](C)CO)c3)ncc2F)c1.C=CC(=O)Nc1cccc(Nc2nc(Nc3ccc(OCCOCCOC)c(F)c3)ncc2F)c1.C=CC(=O)Nc1cccc(Nc2nc(Nc3ccc(O[C@H]4CN[C@H](CC)C4)c(F)c3)ncc2F)c1. The molecule has 0 spiro atoms. The zero-order chi connectivity index (χ0) is 96.0. The molecule has 0 bridgehead atoms. The number of aliphatic hydroxyl groups excluding tert-OH is 2. The lowest BCUT2D eigenvalue weighted by atomic mass is 10.1. The molecule has 33 nitrogen and oxygen atoms in total. The van der Waals surface area contributed by atoms with Crippen molar-refractivity contribution in [1.29, 1.82) is 0 Å². The van der Waals surface area contributed by atoms with E-state index < -0.39 is 47.1 Å². The Balaban J connectivity index is 0.000000185. The van der Waals surface area contributed by atoms with Crippen LogP contribution in [0, 0.1) is 34.9 Å². The monoisotopic (exact) mass is 1880 g/mol. The first kappa shape index (κ1) is 101. The van der Waals surface area contributed by atoms with E-state index >= 15 is 0 Å². The van der Waals surface area contributed by atoms with Gasteiger partial charge in [-0.25, -0.2) is 46.3 Å². The number of aromatic nitrogens is 8. The highest BCUT2D eigenvalue weighted by atomic mass is 35.5. The van der Waals surface area contributed by atoms with Crippen molar-refractivity contribution in [2.45, 2.75) is 58.0 Å². The minimum atomic E-state index is -0.696. The maximum absolute atomic E-state index is 14.6. The molecule has 1 aliphatic heterocycles. The molecular weight excluding hydrogens is 1790 g/mol. The summed E-state index contributed by atoms with van der Waals surface area (Å²) in [7, 11) is 1.57. The van der Waals surface area contributed by atoms with Crippen LogP contribution in [-0.4, -0.2) is 151 Å². The van der Waals surface area contributed by atoms with Crippen LogP contribution in [0.5, 0.6) is 23.0 Å². The number of hydrogen-bond acceptors (Lipinski definition) is 29. The van der Waals surface area contributed by atoms with Crippen LogP contribution < -0.4 is 88.1 Å². The van der Waals surface area contributed by atoms with E-state index in [0.29, 0.717) is 122 Å². The third-order valence-electron chi connectivity index (χ3n) is 18.1. The van der Waals surface area contributed by atoms with Crippen molar-refractivity contribution in [3.05, 3.63) is 290 Å². The predicted molar refractivity (Wildman–Crippen MR) is 505 cm³/mol. The Morgan fingerprint density at radius 2 is 0.731 bits per heavy atom. The van der Waals surface area contributed by atoms with E-state index in [1.54, 1.807) is 173 Å². The molecule has 0 aliphatic carbocycles. The molecule has 4 aromatic heterocycles. The smallest absolute Gasteiger partial charge is 0.247 e. The fourth-order valence-electron chi connectivity index (χ4n) is 11.6. The second-order valence-electron chi connectivity index (χ2n) is 28.4. The van der Waals surface area contributed by atoms with Crippen molar-refractivity contribution >= 4 is 162 Å². The van der Waals surface area contributed by atoms with Gasteiger partial charge >= 0.3 is 0 Å². The lowest BCUT2D eigenvalue weighted by Crippen LogP contribution is -2.21. The molecule has 0 radical (unpaired) electrons. The normalized spacial score (nSPS) is 12.6. The van der Waals surface area contributed by atoms with Crippen LogP contribution in [-0.2, 0) is 28.7 Å². The van der Waals surface area contributed by atoms with Gasteiger partial charge in [-0.2, -0.15) is 19.9 Å². The van der Waals surface area contributed by atoms with Gasteiger partial charge < -0.3 is 108 Å². The Labute approximate surface area is 775 Å². The van der Waals surface area contributed by atoms with Gasteiger partial charge in [0.25, 0.3) is 0 Å². The molecule has 12 aromatic rings. The van der Waals surface area contributed by atoms with E-state index in [1.807, 2.05) is 0 Å². The van der Waals surface area contributed by atoms with Crippen LogP contribution in [0.3, 0.4) is 0 Å². The quantitative estimate of drug-likeness (QED) is 0.00963. The van der Waals surface area contributed by atoms with Crippen LogP contribution >= 0.6 is 23.2 Å². The van der Waals surface area contributed by atoms with Gasteiger partial charge in [0.05, 0.1) is 67.9 Å². The molecule has 1 fully saturated rings. The number of carbonyl (C=O) groups is 4. The Morgan fingerprint density at radius 1 is 0.418 bits per heavy atom. The highest BCUT2D eigenvalue weighted by molar-refractivity contribution is 6.32. The molecule has 4 atom stereocenters. The molecule has 1 saturated heterocycles. The molecule has 0 unspecified atom stereocenters. The number of benzene rings is 8. The Morgan fingerprint density at radius 3 is 1.04 bits per heavy atom. The molecular formula is C93H93Cl2F6N21O12. The molecule has 134 heavy (non-hydrogen) atoms. The summed E-state index contributed by atoms with van der Waals surface area (Å²) in [6, 6.07) is 45.7. The number of hydrogen-bond donors (Lipinski definition) is 15. The molecule has 4 amide bonds. The van der Waals surface area contributed by atoms with Gasteiger partial charge in [0.1, 0.15) is 36.4 Å². The molecule has 15 N–H and O–H groups in total. The van der Waals surface area contributed by atoms with Crippen LogP contribution in [0.1, 0.15) is 33.6 Å². The van der Waals surface area contributed by atoms with Gasteiger partial charge in [0.2, 0.25) is 47.4 Å². The number of nitrogens with zero attached hydrogens (tertiary/aromatic N) is 8. The topological polar surface area (TPSA) is 424 Å². The first-order chi connectivity index (χ1) is 64.6. The van der Waals surface area contributed by atoms with Crippen LogP contribution in [0.15, 0.2) is 245 Å². The summed E-state index contributed by atoms with van der Waals surface area (Å²) in [5, 5.41) is 56.0. The summed E-state index contributed by atoms with van der Waals surface area (Å²) < 4.78 is 119. The summed E-state index contributed by atoms with van der Waals surface area (Å²) >= 11 is 12.3. The average Bonchev–Trinajstić information content (AvgIpc) is 0.999. The largest absolute Gasteiger partial charge is 0.488 e. The minimum absolute atomic E-state index is 0.0460. The van der Waals surface area contributed by atoms with Crippen LogP contribution in [0.2, 0.25) is 10.0 Å². The number of amides is 4. The Hall–Kier alpha value is -15.5. The number of carbonyl (C=O) groups excluding carboxylic acids is 4. The van der Waals surface area contributed by atoms with Crippen molar-refractivity contribution in [2.24, 2.45) is 0 Å². The first-order valence-electron chi connectivity index (χ1n) is 40.9. The van der Waals surface area contributed by atoms with Crippen molar-refractivity contribution < 1.29 is 84.2 Å². The highest BCUT2D eigenvalue weighted by Gasteiger charge is 2.26. The maximum atomic E-state index is 14.6. The minimum Gasteiger partial charge on any atom is -0.488 e. The highest BCUT2D eigenvalue weighted by Crippen LogP contribution is 2.35. The number of ether oxygens (including phenoxy) is 6. The fourth-order valence-corrected chi connectivity index (χ4v) is 12.0. The predicted octanol–water partition coefficient (Wildman–Crippen LogP) is 18.6. The number of methoxy groups -OCH3 is 1. The van der Waals surface area contributed by atoms with Gasteiger partial charge in [-0.1, -0.05) is 80.7 Å². The first-order valence-corrected chi connectivity index (χ1v) is 41.7. The van der Waals surface area contributed by atoms with E-state index in [2.05, 4.69) is 142 Å². The Kier molecular flexibility index (Phi) is 38.4. The summed E-state index contributed by atoms with van der Waals surface area (Å²) in [6.07, 6.45) is 9.52. The third kappa shape index (κ3) is 32.2. The van der Waals surface area contributed by atoms with Gasteiger partial charge in [-0.15, -0.1) is 0 Å². The maximum Gasteiger partial charge on any atom is 0.247 e. The molecule has 5 heterocycles. The lowest BCUT2D eigenvalue weighted by molar-refractivity contribution is -0.112. The van der Waals surface area contributed by atoms with E-state index in [1.165, 1.54) is 18.2 Å². The van der Waals surface area contributed by atoms with E-state index in [-0.39, 0.29) is 108 Å². The molecule has 8 aromatic carbocycles. The van der Waals surface area contributed by atoms with Crippen molar-refractivity contribution in [3.63, 3.8) is 0 Å². The Bertz CT molecular complexity index is 5910. The van der Waals surface area contributed by atoms with Gasteiger partial charge in [-0.3, -0.25) is 19.2 Å². The second-order valence-corrected chi connectivity index (χ2v) is 29.2. The number of nitrogens with one attached hydrogen (secondary N) is 13. The van der Waals surface area contributed by atoms with Crippen LogP contribution in [0.25, 0.3) is 0 Å². The molecule has 698 valence electrons. The van der Waals surface area contributed by atoms with Gasteiger partial charge in [0, 0.05) is 119 Å². The van der Waals surface area contributed by atoms with Crippen LogP contribution in [0.4, 0.5) is 142 Å². The van der Waals surface area contributed by atoms with Crippen molar-refractivity contribution in [1.82, 2.24) is 45.2 Å². The van der Waals surface area contributed by atoms with Crippen molar-refractivity contribution in [3.8, 4) is 23.0 Å². The molecule has 0 saturated carbocycles. The standard InChI is InChI=1S/C25H26F2N6O2.C24H25F2N5O4.2C22H21ClFN5O3/c1-3-15-11-19(13-28-15)35-22-9-8-18(12-20(22)26)32-25-29-14-21(27)24(33-25)31-17-7-5-6-16(10-17)30-23(34)4-2;1-3-22(32)28-16-5-4-6-17(13-16)29-23-20(26)15-27-24(31-23)30-18-7-8-21(19(25)14-18)35-12-11-34-10-9-33-2;2*1-3-20(31)26-14-5-4-6-15(9-14)27-21-18(24)11-25-22(29-21)28-16-7-8-17(23)19(10-16)32-13(2)12-30/h4-10,12,14-15,19,28H,2-3,11,13H2,1H3,(H,30,34)(H2,29,31,32,33);3-8,13-15H,1,9-12H2,2H3,(H,28,32)(H2,27,29,30,31);2*3-11,13,30H,1,12H2,2H3,(H,26,31)(H2,25,27,28,29)/t15-,19-;;2*13-/m1.10/s1. The second kappa shape index (κ2) is 51.2. The average molecular weight is 1880 g/mol. The van der Waals surface area contributed by atoms with Gasteiger partial charge in [-0.05, 0) is 166 Å². The third-order valence-corrected chi connectivity index (χ3v) is 18.7. The number of halogens is 8. The lowest BCUT2D eigenvalue weighted by Gasteiger charge is -2.15. The van der Waals surface area contributed by atoms with Gasteiger partial charge in [0.15, 0.2) is 69.7 Å². The summed E-state index contributed by atoms with van der Waals surface area (Å²) in [4.78, 5) is 78.3. The molecule has 13 rings (SSSR count).